The van der Waals surface area contributed by atoms with Crippen molar-refractivity contribution >= 4 is 17.5 Å². The molecule has 2 N–H and O–H groups in total. The number of ether oxygens (including phenoxy) is 1. The van der Waals surface area contributed by atoms with E-state index < -0.39 is 6.10 Å². The van der Waals surface area contributed by atoms with Crippen LogP contribution in [0.1, 0.15) is 19.3 Å². The monoisotopic (exact) mass is 324 g/mol. The smallest absolute Gasteiger partial charge is 0.234 e. The van der Waals surface area contributed by atoms with Gasteiger partial charge in [0, 0.05) is 24.2 Å². The molecule has 0 unspecified atom stereocenters. The number of nitrogens with one attached hydrogen (secondary N) is 1. The SMILES string of the molecule is O=C1CN([C@H]2CCC[C@@H](Oc3ccc(Cl)cc3)[C@@H]2O)CCN1. The van der Waals surface area contributed by atoms with E-state index in [9.17, 15) is 9.90 Å². The number of halogens is 1. The molecule has 2 fully saturated rings. The molecule has 1 aromatic rings. The molecule has 1 aliphatic carbocycles. The Kier molecular flexibility index (Phi) is 4.86. The Balaban J connectivity index is 1.65. The van der Waals surface area contributed by atoms with Crippen LogP contribution in [-0.2, 0) is 4.79 Å². The Morgan fingerprint density at radius 2 is 2.05 bits per heavy atom. The predicted molar refractivity (Wildman–Crippen MR) is 84.1 cm³/mol. The number of amides is 1. The second-order valence-corrected chi connectivity index (χ2v) is 6.36. The summed E-state index contributed by atoms with van der Waals surface area (Å²) in [7, 11) is 0. The van der Waals surface area contributed by atoms with Crippen molar-refractivity contribution in [1.82, 2.24) is 10.2 Å². The van der Waals surface area contributed by atoms with Crippen LogP contribution < -0.4 is 10.1 Å². The lowest BCUT2D eigenvalue weighted by atomic mass is 9.88. The van der Waals surface area contributed by atoms with Crippen LogP contribution >= 0.6 is 11.6 Å². The van der Waals surface area contributed by atoms with Crippen molar-refractivity contribution in [1.29, 1.82) is 0 Å². The molecule has 5 nitrogen and oxygen atoms in total. The topological polar surface area (TPSA) is 61.8 Å². The maximum absolute atomic E-state index is 11.5. The summed E-state index contributed by atoms with van der Waals surface area (Å²) in [4.78, 5) is 13.6. The Labute approximate surface area is 135 Å². The molecule has 22 heavy (non-hydrogen) atoms. The molecule has 3 rings (SSSR count). The molecule has 0 radical (unpaired) electrons. The third-order valence-electron chi connectivity index (χ3n) is 4.40. The fraction of sp³-hybridized carbons (Fsp3) is 0.562. The first-order valence-electron chi connectivity index (χ1n) is 7.74. The van der Waals surface area contributed by atoms with Gasteiger partial charge in [0.1, 0.15) is 18.0 Å². The number of rotatable bonds is 3. The van der Waals surface area contributed by atoms with Crippen molar-refractivity contribution in [2.45, 2.75) is 37.5 Å². The van der Waals surface area contributed by atoms with Gasteiger partial charge < -0.3 is 15.2 Å². The molecule has 1 heterocycles. The summed E-state index contributed by atoms with van der Waals surface area (Å²) in [6, 6.07) is 7.16. The highest BCUT2D eigenvalue weighted by Gasteiger charge is 2.38. The molecule has 6 heteroatoms. The van der Waals surface area contributed by atoms with E-state index in [4.69, 9.17) is 16.3 Å². The molecular formula is C16H21ClN2O3. The van der Waals surface area contributed by atoms with Crippen molar-refractivity contribution in [3.05, 3.63) is 29.3 Å². The molecule has 2 aliphatic rings. The van der Waals surface area contributed by atoms with Crippen LogP contribution in [0.15, 0.2) is 24.3 Å². The van der Waals surface area contributed by atoms with Gasteiger partial charge in [-0.2, -0.15) is 0 Å². The van der Waals surface area contributed by atoms with Gasteiger partial charge in [-0.15, -0.1) is 0 Å². The zero-order valence-corrected chi connectivity index (χ0v) is 13.1. The van der Waals surface area contributed by atoms with Gasteiger partial charge in [-0.3, -0.25) is 9.69 Å². The highest BCUT2D eigenvalue weighted by Crippen LogP contribution is 2.28. The molecule has 1 aliphatic heterocycles. The quantitative estimate of drug-likeness (QED) is 0.883. The van der Waals surface area contributed by atoms with Crippen LogP contribution in [-0.4, -0.2) is 53.8 Å². The number of carbonyl (C=O) groups is 1. The number of piperazine rings is 1. The van der Waals surface area contributed by atoms with Crippen molar-refractivity contribution in [3.63, 3.8) is 0 Å². The number of aliphatic hydroxyl groups excluding tert-OH is 1. The van der Waals surface area contributed by atoms with E-state index in [0.717, 1.165) is 25.8 Å². The van der Waals surface area contributed by atoms with Crippen molar-refractivity contribution in [3.8, 4) is 5.75 Å². The zero-order valence-electron chi connectivity index (χ0n) is 12.4. The Hall–Kier alpha value is -1.30. The molecule has 0 aromatic heterocycles. The molecule has 1 amide bonds. The first-order valence-corrected chi connectivity index (χ1v) is 8.12. The van der Waals surface area contributed by atoms with Gasteiger partial charge in [-0.25, -0.2) is 0 Å². The van der Waals surface area contributed by atoms with Crippen LogP contribution in [0, 0.1) is 0 Å². The van der Waals surface area contributed by atoms with Gasteiger partial charge in [-0.05, 0) is 43.5 Å². The maximum atomic E-state index is 11.5. The first-order chi connectivity index (χ1) is 10.6. The Morgan fingerprint density at radius 1 is 1.27 bits per heavy atom. The third-order valence-corrected chi connectivity index (χ3v) is 4.65. The summed E-state index contributed by atoms with van der Waals surface area (Å²) >= 11 is 5.87. The minimum atomic E-state index is -0.588. The number of aliphatic hydroxyl groups is 1. The number of benzene rings is 1. The van der Waals surface area contributed by atoms with Crippen LogP contribution in [0.3, 0.4) is 0 Å². The van der Waals surface area contributed by atoms with Gasteiger partial charge in [0.25, 0.3) is 0 Å². The Morgan fingerprint density at radius 3 is 2.77 bits per heavy atom. The second-order valence-electron chi connectivity index (χ2n) is 5.92. The van der Waals surface area contributed by atoms with E-state index in [0.29, 0.717) is 23.9 Å². The lowest BCUT2D eigenvalue weighted by Crippen LogP contribution is -2.58. The summed E-state index contributed by atoms with van der Waals surface area (Å²) in [5.41, 5.74) is 0. The van der Waals surface area contributed by atoms with E-state index in [2.05, 4.69) is 10.2 Å². The molecule has 1 saturated carbocycles. The summed E-state index contributed by atoms with van der Waals surface area (Å²) in [5, 5.41) is 14.1. The van der Waals surface area contributed by atoms with Gasteiger partial charge in [0.2, 0.25) is 5.91 Å². The van der Waals surface area contributed by atoms with E-state index in [1.54, 1.807) is 12.1 Å². The number of carbonyl (C=O) groups excluding carboxylic acids is 1. The van der Waals surface area contributed by atoms with Crippen molar-refractivity contribution < 1.29 is 14.6 Å². The van der Waals surface area contributed by atoms with Gasteiger partial charge >= 0.3 is 0 Å². The molecule has 0 spiro atoms. The minimum absolute atomic E-state index is 0.0166. The molecule has 0 bridgehead atoms. The summed E-state index contributed by atoms with van der Waals surface area (Å²) in [6.45, 7) is 1.78. The van der Waals surface area contributed by atoms with Crippen LogP contribution in [0.4, 0.5) is 0 Å². The van der Waals surface area contributed by atoms with E-state index in [-0.39, 0.29) is 18.1 Å². The molecular weight excluding hydrogens is 304 g/mol. The van der Waals surface area contributed by atoms with Gasteiger partial charge in [-0.1, -0.05) is 11.6 Å². The fourth-order valence-corrected chi connectivity index (χ4v) is 3.40. The Bertz CT molecular complexity index is 523. The maximum Gasteiger partial charge on any atom is 0.234 e. The van der Waals surface area contributed by atoms with Gasteiger partial charge in [0.15, 0.2) is 0 Å². The lowest BCUT2D eigenvalue weighted by molar-refractivity contribution is -0.127. The van der Waals surface area contributed by atoms with E-state index in [1.807, 2.05) is 12.1 Å². The largest absolute Gasteiger partial charge is 0.488 e. The predicted octanol–water partition coefficient (Wildman–Crippen LogP) is 1.43. The first kappa shape index (κ1) is 15.6. The van der Waals surface area contributed by atoms with E-state index >= 15 is 0 Å². The van der Waals surface area contributed by atoms with Crippen molar-refractivity contribution in [2.24, 2.45) is 0 Å². The van der Waals surface area contributed by atoms with Crippen LogP contribution in [0.25, 0.3) is 0 Å². The van der Waals surface area contributed by atoms with Crippen molar-refractivity contribution in [2.75, 3.05) is 19.6 Å². The zero-order chi connectivity index (χ0) is 15.5. The molecule has 120 valence electrons. The second kappa shape index (κ2) is 6.86. The molecule has 1 saturated heterocycles. The number of nitrogens with zero attached hydrogens (tertiary/aromatic N) is 1. The average molecular weight is 325 g/mol. The third kappa shape index (κ3) is 3.54. The van der Waals surface area contributed by atoms with Crippen LogP contribution in [0.5, 0.6) is 5.75 Å². The highest BCUT2D eigenvalue weighted by molar-refractivity contribution is 6.30. The fourth-order valence-electron chi connectivity index (χ4n) is 3.27. The lowest BCUT2D eigenvalue weighted by Gasteiger charge is -2.42. The standard InChI is InChI=1S/C16H21ClN2O3/c17-11-4-6-12(7-5-11)22-14-3-1-2-13(16(14)21)19-9-8-18-15(20)10-19/h4-7,13-14,16,21H,1-3,8-10H2,(H,18,20)/t13-,14+,16+/m0/s1. The minimum Gasteiger partial charge on any atom is -0.488 e. The summed E-state index contributed by atoms with van der Waals surface area (Å²) in [6.07, 6.45) is 1.87. The normalized spacial score (nSPS) is 29.9. The molecule has 1 aromatic carbocycles. The summed E-state index contributed by atoms with van der Waals surface area (Å²) < 4.78 is 5.93. The van der Waals surface area contributed by atoms with E-state index in [1.165, 1.54) is 0 Å². The highest BCUT2D eigenvalue weighted by atomic mass is 35.5. The number of hydrogen-bond donors (Lipinski definition) is 2. The molecule has 3 atom stereocenters. The number of hydrogen-bond acceptors (Lipinski definition) is 4. The average Bonchev–Trinajstić information content (AvgIpc) is 2.51. The van der Waals surface area contributed by atoms with Gasteiger partial charge in [0.05, 0.1) is 6.54 Å². The van der Waals surface area contributed by atoms with Crippen LogP contribution in [0.2, 0.25) is 5.02 Å². The summed E-state index contributed by atoms with van der Waals surface area (Å²) in [5.74, 6) is 0.740.